The van der Waals surface area contributed by atoms with Gasteiger partial charge < -0.3 is 4.74 Å². The first-order valence-electron chi connectivity index (χ1n) is 9.75. The lowest BCUT2D eigenvalue weighted by atomic mass is 10.1. The molecule has 0 atom stereocenters. The number of nitrogens with zero attached hydrogens (tertiary/aromatic N) is 1. The number of nitrogens with one attached hydrogen (secondary N) is 2. The van der Waals surface area contributed by atoms with Crippen molar-refractivity contribution in [3.63, 3.8) is 0 Å². The van der Waals surface area contributed by atoms with E-state index in [0.29, 0.717) is 17.7 Å². The lowest BCUT2D eigenvalue weighted by molar-refractivity contribution is -0.649. The van der Waals surface area contributed by atoms with Crippen LogP contribution in [0.2, 0.25) is 0 Å². The van der Waals surface area contributed by atoms with Gasteiger partial charge in [-0.15, -0.1) is 5.43 Å². The maximum absolute atomic E-state index is 12.5. The molecule has 2 amide bonds. The number of aromatic nitrogens is 1. The summed E-state index contributed by atoms with van der Waals surface area (Å²) >= 11 is 0. The number of pyridine rings is 1. The number of anilines is 1. The number of carbonyl (C=O) groups is 2. The molecule has 154 valence electrons. The highest BCUT2D eigenvalue weighted by Crippen LogP contribution is 2.14. The van der Waals surface area contributed by atoms with E-state index in [1.54, 1.807) is 16.8 Å². The number of amides is 2. The summed E-state index contributed by atoms with van der Waals surface area (Å²) < 4.78 is 6.99. The van der Waals surface area contributed by atoms with E-state index in [1.165, 1.54) is 0 Å². The van der Waals surface area contributed by atoms with Crippen molar-refractivity contribution in [1.82, 2.24) is 0 Å². The Labute approximate surface area is 176 Å². The van der Waals surface area contributed by atoms with Crippen molar-refractivity contribution in [2.24, 2.45) is 0 Å². The molecule has 0 aliphatic carbocycles. The molecule has 0 saturated carbocycles. The van der Waals surface area contributed by atoms with Gasteiger partial charge in [0, 0.05) is 23.4 Å². The second-order valence-electron chi connectivity index (χ2n) is 7.87. The quantitative estimate of drug-likeness (QED) is 0.623. The lowest BCUT2D eigenvalue weighted by Crippen LogP contribution is -2.51. The van der Waals surface area contributed by atoms with Crippen LogP contribution in [0.3, 0.4) is 0 Å². The van der Waals surface area contributed by atoms with E-state index in [-0.39, 0.29) is 5.91 Å². The monoisotopic (exact) mass is 404 g/mol. The van der Waals surface area contributed by atoms with Crippen LogP contribution in [0.4, 0.5) is 10.5 Å². The fourth-order valence-electron chi connectivity index (χ4n) is 2.83. The van der Waals surface area contributed by atoms with E-state index in [2.05, 4.69) is 10.7 Å². The van der Waals surface area contributed by atoms with Crippen molar-refractivity contribution in [2.75, 3.05) is 10.7 Å². The molecule has 3 aromatic rings. The van der Waals surface area contributed by atoms with Crippen LogP contribution in [-0.2, 0) is 11.2 Å². The minimum Gasteiger partial charge on any atom is -0.444 e. The van der Waals surface area contributed by atoms with Gasteiger partial charge in [0.2, 0.25) is 5.69 Å². The molecule has 30 heavy (non-hydrogen) atoms. The van der Waals surface area contributed by atoms with E-state index in [1.807, 2.05) is 87.6 Å². The third-order valence-corrected chi connectivity index (χ3v) is 4.19. The largest absolute Gasteiger partial charge is 0.444 e. The zero-order valence-corrected chi connectivity index (χ0v) is 17.4. The second kappa shape index (κ2) is 9.22. The number of hydrogen-bond acceptors (Lipinski definition) is 3. The van der Waals surface area contributed by atoms with Crippen LogP contribution in [0.15, 0.2) is 79.0 Å². The van der Waals surface area contributed by atoms with E-state index in [4.69, 9.17) is 4.74 Å². The van der Waals surface area contributed by atoms with Crippen LogP contribution in [0, 0.1) is 0 Å². The molecule has 3 rings (SSSR count). The summed E-state index contributed by atoms with van der Waals surface area (Å²) in [4.78, 5) is 24.4. The van der Waals surface area contributed by atoms with Crippen LogP contribution < -0.4 is 15.4 Å². The fraction of sp³-hybridized carbons (Fsp3) is 0.208. The van der Waals surface area contributed by atoms with Crippen molar-refractivity contribution in [2.45, 2.75) is 32.8 Å². The van der Waals surface area contributed by atoms with Crippen LogP contribution in [-0.4, -0.2) is 17.6 Å². The molecule has 0 saturated heterocycles. The van der Waals surface area contributed by atoms with Gasteiger partial charge in [0.1, 0.15) is 5.60 Å². The van der Waals surface area contributed by atoms with Gasteiger partial charge in [-0.25, -0.2) is 4.79 Å². The number of benzene rings is 2. The molecular formula is C24H26N3O3+. The number of hydrogen-bond donors (Lipinski definition) is 2. The lowest BCUT2D eigenvalue weighted by Gasteiger charge is -2.19. The molecule has 0 aliphatic heterocycles. The van der Waals surface area contributed by atoms with E-state index >= 15 is 0 Å². The summed E-state index contributed by atoms with van der Waals surface area (Å²) in [7, 11) is 0. The fourth-order valence-corrected chi connectivity index (χ4v) is 2.83. The summed E-state index contributed by atoms with van der Waals surface area (Å²) in [6.07, 6.45) is 1.94. The second-order valence-corrected chi connectivity index (χ2v) is 7.87. The van der Waals surface area contributed by atoms with Gasteiger partial charge in [-0.2, -0.15) is 0 Å². The Hall–Kier alpha value is -3.67. The first-order valence-corrected chi connectivity index (χ1v) is 9.75. The summed E-state index contributed by atoms with van der Waals surface area (Å²) in [6, 6.07) is 22.4. The van der Waals surface area contributed by atoms with Crippen molar-refractivity contribution in [3.05, 3.63) is 95.8 Å². The Morgan fingerprint density at radius 1 is 0.900 bits per heavy atom. The minimum atomic E-state index is -0.546. The van der Waals surface area contributed by atoms with Gasteiger partial charge in [-0.1, -0.05) is 35.0 Å². The molecule has 0 unspecified atom stereocenters. The highest BCUT2D eigenvalue weighted by atomic mass is 16.6. The normalized spacial score (nSPS) is 10.9. The molecule has 6 heteroatoms. The SMILES string of the molecule is CC(C)(C)OC(=O)Nc1ccc(Cc2cccc[n+]2NC(=O)c2ccccc2)cc1. The molecule has 0 aliphatic rings. The smallest absolute Gasteiger partial charge is 0.412 e. The number of ether oxygens (including phenoxy) is 1. The van der Waals surface area contributed by atoms with Gasteiger partial charge in [0.05, 0.1) is 6.42 Å². The summed E-state index contributed by atoms with van der Waals surface area (Å²) in [5, 5.41) is 2.72. The highest BCUT2D eigenvalue weighted by molar-refractivity contribution is 5.98. The molecule has 1 heterocycles. The summed E-state index contributed by atoms with van der Waals surface area (Å²) in [6.45, 7) is 5.46. The van der Waals surface area contributed by atoms with Crippen LogP contribution in [0.25, 0.3) is 0 Å². The average Bonchev–Trinajstić information content (AvgIpc) is 2.70. The maximum Gasteiger partial charge on any atom is 0.412 e. The number of rotatable bonds is 5. The maximum atomic E-state index is 12.5. The predicted octanol–water partition coefficient (Wildman–Crippen LogP) is 4.30. The third kappa shape index (κ3) is 6.17. The van der Waals surface area contributed by atoms with Crippen LogP contribution >= 0.6 is 0 Å². The van der Waals surface area contributed by atoms with Crippen LogP contribution in [0.5, 0.6) is 0 Å². The molecule has 2 N–H and O–H groups in total. The molecule has 0 radical (unpaired) electrons. The van der Waals surface area contributed by atoms with Gasteiger partial charge in [-0.05, 0) is 56.7 Å². The molecule has 0 spiro atoms. The van der Waals surface area contributed by atoms with E-state index in [9.17, 15) is 9.59 Å². The Kier molecular flexibility index (Phi) is 6.47. The number of carbonyl (C=O) groups excluding carboxylic acids is 2. The Morgan fingerprint density at radius 3 is 2.23 bits per heavy atom. The zero-order chi connectivity index (χ0) is 21.6. The topological polar surface area (TPSA) is 71.3 Å². The van der Waals surface area contributed by atoms with Gasteiger partial charge in [0.25, 0.3) is 0 Å². The molecule has 6 nitrogen and oxygen atoms in total. The van der Waals surface area contributed by atoms with E-state index < -0.39 is 11.7 Å². The molecule has 2 aromatic carbocycles. The van der Waals surface area contributed by atoms with Crippen molar-refractivity contribution in [1.29, 1.82) is 0 Å². The Bertz CT molecular complexity index is 1010. The van der Waals surface area contributed by atoms with Crippen molar-refractivity contribution >= 4 is 17.7 Å². The van der Waals surface area contributed by atoms with Gasteiger partial charge in [-0.3, -0.25) is 10.1 Å². The average molecular weight is 404 g/mol. The standard InChI is InChI=1S/C24H25N3O3/c1-24(2,3)30-23(29)25-20-14-12-18(13-15-20)17-21-11-7-8-16-27(21)26-22(28)19-9-5-4-6-10-19/h4-16H,17H2,1-3H3,(H-,25,26,28,29)/p+1. The Balaban J connectivity index is 1.67. The molecule has 0 fully saturated rings. The third-order valence-electron chi connectivity index (χ3n) is 4.19. The first kappa shape index (κ1) is 21.0. The van der Waals surface area contributed by atoms with Crippen molar-refractivity contribution in [3.8, 4) is 0 Å². The zero-order valence-electron chi connectivity index (χ0n) is 17.4. The highest BCUT2D eigenvalue weighted by Gasteiger charge is 2.17. The summed E-state index contributed by atoms with van der Waals surface area (Å²) in [5.41, 5.74) is 5.58. The summed E-state index contributed by atoms with van der Waals surface area (Å²) in [5.74, 6) is -0.176. The van der Waals surface area contributed by atoms with E-state index in [0.717, 1.165) is 11.3 Å². The van der Waals surface area contributed by atoms with Gasteiger partial charge >= 0.3 is 12.0 Å². The van der Waals surface area contributed by atoms with Crippen LogP contribution in [0.1, 0.15) is 42.4 Å². The van der Waals surface area contributed by atoms with Crippen molar-refractivity contribution < 1.29 is 19.0 Å². The van der Waals surface area contributed by atoms with Gasteiger partial charge in [0.15, 0.2) is 6.20 Å². The molecular weight excluding hydrogens is 378 g/mol. The first-order chi connectivity index (χ1) is 14.3. The minimum absolute atomic E-state index is 0.176. The molecule has 0 bridgehead atoms. The molecule has 1 aromatic heterocycles. The Morgan fingerprint density at radius 2 is 1.57 bits per heavy atom. The predicted molar refractivity (Wildman–Crippen MR) is 116 cm³/mol.